The lowest BCUT2D eigenvalue weighted by Crippen LogP contribution is -2.43. The van der Waals surface area contributed by atoms with Gasteiger partial charge in [0.25, 0.3) is 0 Å². The lowest BCUT2D eigenvalue weighted by Gasteiger charge is -2.29. The molecule has 1 N–H and O–H groups in total. The van der Waals surface area contributed by atoms with E-state index in [1.807, 2.05) is 78.2 Å². The first kappa shape index (κ1) is 22.7. The third kappa shape index (κ3) is 4.50. The monoisotopic (exact) mass is 485 g/mol. The van der Waals surface area contributed by atoms with Crippen LogP contribution in [0.25, 0.3) is 17.1 Å². The summed E-state index contributed by atoms with van der Waals surface area (Å²) in [5, 5.41) is 12.2. The largest absolute Gasteiger partial charge is 0.496 e. The van der Waals surface area contributed by atoms with E-state index in [1.54, 1.807) is 13.2 Å². The Hall–Kier alpha value is -4.11. The highest BCUT2D eigenvalue weighted by Crippen LogP contribution is 2.34. The van der Waals surface area contributed by atoms with Gasteiger partial charge in [-0.3, -0.25) is 14.2 Å². The van der Waals surface area contributed by atoms with E-state index in [2.05, 4.69) is 15.5 Å². The predicted molar refractivity (Wildman–Crippen MR) is 136 cm³/mol. The molecule has 0 aliphatic carbocycles. The molecular weight excluding hydrogens is 462 g/mol. The minimum atomic E-state index is -0.219. The van der Waals surface area contributed by atoms with E-state index >= 15 is 0 Å². The maximum absolute atomic E-state index is 13.2. The number of benzene rings is 3. The standard InChI is InChI=1S/C26H23N5O3S/c1-17-11-13-18(14-12-17)31-25(19-7-3-6-10-22(19)34-2)28-29-26(31)35-16-24(33)30-15-23(32)27-20-8-4-5-9-21(20)30/h3-14H,15-16H2,1-2H3,(H,27,32). The molecule has 4 aromatic rings. The summed E-state index contributed by atoms with van der Waals surface area (Å²) in [4.78, 5) is 26.9. The topological polar surface area (TPSA) is 89.4 Å². The van der Waals surface area contributed by atoms with E-state index in [4.69, 9.17) is 4.74 Å². The van der Waals surface area contributed by atoms with Crippen LogP contribution in [0.4, 0.5) is 11.4 Å². The summed E-state index contributed by atoms with van der Waals surface area (Å²) in [6.45, 7) is 2.01. The number of para-hydroxylation sites is 3. The Bertz CT molecular complexity index is 1400. The Morgan fingerprint density at radius 2 is 1.77 bits per heavy atom. The zero-order valence-corrected chi connectivity index (χ0v) is 20.1. The molecule has 0 spiro atoms. The SMILES string of the molecule is COc1ccccc1-c1nnc(SCC(=O)N2CC(=O)Nc3ccccc32)n1-c1ccc(C)cc1. The maximum Gasteiger partial charge on any atom is 0.244 e. The summed E-state index contributed by atoms with van der Waals surface area (Å²) < 4.78 is 7.48. The molecule has 0 bridgehead atoms. The molecule has 0 radical (unpaired) electrons. The highest BCUT2D eigenvalue weighted by atomic mass is 32.2. The van der Waals surface area contributed by atoms with E-state index in [0.717, 1.165) is 16.8 Å². The van der Waals surface area contributed by atoms with Crippen molar-refractivity contribution < 1.29 is 14.3 Å². The van der Waals surface area contributed by atoms with Gasteiger partial charge in [0.05, 0.1) is 29.8 Å². The van der Waals surface area contributed by atoms with Gasteiger partial charge in [-0.05, 0) is 43.3 Å². The molecule has 2 amide bonds. The van der Waals surface area contributed by atoms with Crippen molar-refractivity contribution >= 4 is 35.0 Å². The quantitative estimate of drug-likeness (QED) is 0.409. The number of carbonyl (C=O) groups is 2. The summed E-state index contributed by atoms with van der Waals surface area (Å²) in [6, 6.07) is 22.9. The van der Waals surface area contributed by atoms with Crippen molar-refractivity contribution in [2.75, 3.05) is 29.6 Å². The van der Waals surface area contributed by atoms with Crippen LogP contribution in [-0.4, -0.2) is 46.0 Å². The van der Waals surface area contributed by atoms with E-state index in [1.165, 1.54) is 16.7 Å². The number of nitrogens with zero attached hydrogens (tertiary/aromatic N) is 4. The van der Waals surface area contributed by atoms with Crippen LogP contribution in [0.2, 0.25) is 0 Å². The molecule has 0 atom stereocenters. The highest BCUT2D eigenvalue weighted by molar-refractivity contribution is 7.99. The van der Waals surface area contributed by atoms with Crippen molar-refractivity contribution in [1.29, 1.82) is 0 Å². The summed E-state index contributed by atoms with van der Waals surface area (Å²) in [5.74, 6) is 0.982. The molecule has 0 fully saturated rings. The number of hydrogen-bond donors (Lipinski definition) is 1. The van der Waals surface area contributed by atoms with Crippen LogP contribution in [0.5, 0.6) is 5.75 Å². The summed E-state index contributed by atoms with van der Waals surface area (Å²) in [5.41, 5.74) is 4.12. The number of fused-ring (bicyclic) bond motifs is 1. The minimum Gasteiger partial charge on any atom is -0.496 e. The number of carbonyl (C=O) groups excluding carboxylic acids is 2. The Morgan fingerprint density at radius 1 is 1.03 bits per heavy atom. The van der Waals surface area contributed by atoms with E-state index in [9.17, 15) is 9.59 Å². The average Bonchev–Trinajstić information content (AvgIpc) is 3.30. The molecule has 176 valence electrons. The Labute approximate surface area is 206 Å². The van der Waals surface area contributed by atoms with Crippen molar-refractivity contribution in [1.82, 2.24) is 14.8 Å². The number of aryl methyl sites for hydroxylation is 1. The van der Waals surface area contributed by atoms with E-state index in [0.29, 0.717) is 28.1 Å². The summed E-state index contributed by atoms with van der Waals surface area (Å²) >= 11 is 1.28. The number of hydrogen-bond acceptors (Lipinski definition) is 6. The van der Waals surface area contributed by atoms with Gasteiger partial charge in [0, 0.05) is 5.69 Å². The molecule has 3 aromatic carbocycles. The molecule has 0 saturated heterocycles. The predicted octanol–water partition coefficient (Wildman–Crippen LogP) is 4.33. The van der Waals surface area contributed by atoms with Gasteiger partial charge >= 0.3 is 0 Å². The summed E-state index contributed by atoms with van der Waals surface area (Å²) in [7, 11) is 1.62. The molecule has 0 unspecified atom stereocenters. The van der Waals surface area contributed by atoms with Crippen LogP contribution in [0.3, 0.4) is 0 Å². The fraction of sp³-hybridized carbons (Fsp3) is 0.154. The first-order valence-corrected chi connectivity index (χ1v) is 12.0. The zero-order chi connectivity index (χ0) is 24.4. The molecule has 35 heavy (non-hydrogen) atoms. The maximum atomic E-state index is 13.2. The number of aromatic nitrogens is 3. The van der Waals surface area contributed by atoms with Gasteiger partial charge in [0.1, 0.15) is 12.3 Å². The van der Waals surface area contributed by atoms with Gasteiger partial charge in [-0.25, -0.2) is 0 Å². The molecule has 2 heterocycles. The van der Waals surface area contributed by atoms with Crippen molar-refractivity contribution in [3.05, 3.63) is 78.4 Å². The van der Waals surface area contributed by atoms with Crippen LogP contribution in [0.15, 0.2) is 78.0 Å². The first-order valence-electron chi connectivity index (χ1n) is 11.0. The fourth-order valence-electron chi connectivity index (χ4n) is 3.95. The molecule has 8 nitrogen and oxygen atoms in total. The second-order valence-corrected chi connectivity index (χ2v) is 8.95. The van der Waals surface area contributed by atoms with Crippen LogP contribution in [0, 0.1) is 6.92 Å². The third-order valence-corrected chi connectivity index (χ3v) is 6.58. The number of thioether (sulfide) groups is 1. The average molecular weight is 486 g/mol. The normalized spacial score (nSPS) is 12.7. The molecule has 5 rings (SSSR count). The lowest BCUT2D eigenvalue weighted by atomic mass is 10.1. The highest BCUT2D eigenvalue weighted by Gasteiger charge is 2.27. The van der Waals surface area contributed by atoms with Crippen LogP contribution in [0.1, 0.15) is 5.56 Å². The molecule has 9 heteroatoms. The van der Waals surface area contributed by atoms with Crippen LogP contribution in [-0.2, 0) is 9.59 Å². The van der Waals surface area contributed by atoms with E-state index in [-0.39, 0.29) is 24.1 Å². The first-order chi connectivity index (χ1) is 17.0. The van der Waals surface area contributed by atoms with Gasteiger partial charge in [0.2, 0.25) is 11.8 Å². The van der Waals surface area contributed by atoms with Crippen molar-refractivity contribution in [3.63, 3.8) is 0 Å². The zero-order valence-electron chi connectivity index (χ0n) is 19.3. The Kier molecular flexibility index (Phi) is 6.24. The van der Waals surface area contributed by atoms with Crippen LogP contribution >= 0.6 is 11.8 Å². The molecule has 1 aliphatic heterocycles. The molecular formula is C26H23N5O3S. The number of methoxy groups -OCH3 is 1. The smallest absolute Gasteiger partial charge is 0.244 e. The van der Waals surface area contributed by atoms with Gasteiger partial charge in [0.15, 0.2) is 11.0 Å². The van der Waals surface area contributed by atoms with Gasteiger partial charge in [-0.2, -0.15) is 0 Å². The van der Waals surface area contributed by atoms with Crippen molar-refractivity contribution in [3.8, 4) is 22.8 Å². The fourth-order valence-corrected chi connectivity index (χ4v) is 4.78. The van der Waals surface area contributed by atoms with Crippen molar-refractivity contribution in [2.45, 2.75) is 12.1 Å². The number of amides is 2. The summed E-state index contributed by atoms with van der Waals surface area (Å²) in [6.07, 6.45) is 0. The molecule has 1 aromatic heterocycles. The minimum absolute atomic E-state index is 0.0203. The number of anilines is 2. The van der Waals surface area contributed by atoms with E-state index < -0.39 is 0 Å². The second kappa shape index (κ2) is 9.63. The van der Waals surface area contributed by atoms with Gasteiger partial charge < -0.3 is 15.0 Å². The number of ether oxygens (including phenoxy) is 1. The number of nitrogens with one attached hydrogen (secondary N) is 1. The van der Waals surface area contributed by atoms with Crippen molar-refractivity contribution in [2.24, 2.45) is 0 Å². The van der Waals surface area contributed by atoms with Gasteiger partial charge in [-0.15, -0.1) is 10.2 Å². The second-order valence-electron chi connectivity index (χ2n) is 8.01. The Morgan fingerprint density at radius 3 is 2.57 bits per heavy atom. The van der Waals surface area contributed by atoms with Crippen LogP contribution < -0.4 is 15.0 Å². The number of rotatable bonds is 6. The Balaban J connectivity index is 1.48. The molecule has 0 saturated carbocycles. The van der Waals surface area contributed by atoms with Gasteiger partial charge in [-0.1, -0.05) is 53.7 Å². The third-order valence-electron chi connectivity index (χ3n) is 5.67. The molecule has 1 aliphatic rings. The lowest BCUT2D eigenvalue weighted by molar-refractivity contribution is -0.120.